The van der Waals surface area contributed by atoms with Crippen LogP contribution in [0.3, 0.4) is 0 Å². The van der Waals surface area contributed by atoms with Crippen molar-refractivity contribution in [2.45, 2.75) is 31.0 Å². The second kappa shape index (κ2) is 15.8. The Bertz CT molecular complexity index is 1640. The maximum absolute atomic E-state index is 14.5. The number of aliphatic hydroxyl groups is 1. The van der Waals surface area contributed by atoms with Crippen molar-refractivity contribution >= 4 is 27.7 Å². The van der Waals surface area contributed by atoms with Gasteiger partial charge in [0.25, 0.3) is 5.91 Å². The first-order chi connectivity index (χ1) is 22.9. The van der Waals surface area contributed by atoms with E-state index in [1.165, 1.54) is 0 Å². The van der Waals surface area contributed by atoms with E-state index >= 15 is 0 Å². The molecule has 0 spiro atoms. The predicted octanol–water partition coefficient (Wildman–Crippen LogP) is 5.56. The number of nitrogens with zero attached hydrogens (tertiary/aromatic N) is 1. The van der Waals surface area contributed by atoms with E-state index in [1.54, 1.807) is 33.5 Å². The van der Waals surface area contributed by atoms with Gasteiger partial charge in [-0.05, 0) is 47.5 Å². The maximum Gasteiger partial charge on any atom is 0.266 e. The zero-order valence-electron chi connectivity index (χ0n) is 26.5. The average molecular weight is 705 g/mol. The van der Waals surface area contributed by atoms with E-state index in [1.807, 2.05) is 78.9 Å². The maximum atomic E-state index is 14.5. The molecule has 10 nitrogen and oxygen atoms in total. The fourth-order valence-electron chi connectivity index (χ4n) is 5.40. The molecule has 4 aromatic carbocycles. The number of carbonyl (C=O) groups excluding carboxylic acids is 1. The summed E-state index contributed by atoms with van der Waals surface area (Å²) in [6, 6.07) is 28.3. The molecule has 1 aliphatic heterocycles. The number of methoxy groups -OCH3 is 3. The lowest BCUT2D eigenvalue weighted by Gasteiger charge is -2.31. The summed E-state index contributed by atoms with van der Waals surface area (Å²) < 4.78 is 29.8. The molecule has 0 aromatic heterocycles. The Balaban J connectivity index is 1.50. The summed E-state index contributed by atoms with van der Waals surface area (Å²) in [5.74, 6) is 2.29. The molecule has 3 N–H and O–H groups in total. The molecule has 0 fully saturated rings. The van der Waals surface area contributed by atoms with Crippen LogP contribution in [0.5, 0.6) is 23.0 Å². The fourth-order valence-corrected chi connectivity index (χ4v) is 5.66. The van der Waals surface area contributed by atoms with Gasteiger partial charge in [-0.2, -0.15) is 0 Å². The van der Waals surface area contributed by atoms with E-state index in [-0.39, 0.29) is 25.5 Å². The highest BCUT2D eigenvalue weighted by Crippen LogP contribution is 2.43. The van der Waals surface area contributed by atoms with Crippen LogP contribution in [0.25, 0.3) is 0 Å². The van der Waals surface area contributed by atoms with Crippen LogP contribution in [-0.4, -0.2) is 57.0 Å². The van der Waals surface area contributed by atoms with Gasteiger partial charge in [0.05, 0.1) is 33.5 Å². The average Bonchev–Trinajstić information content (AvgIpc) is 3.49. The van der Waals surface area contributed by atoms with Crippen molar-refractivity contribution in [3.05, 3.63) is 118 Å². The van der Waals surface area contributed by atoms with Crippen molar-refractivity contribution in [3.63, 3.8) is 0 Å². The Kier molecular flexibility index (Phi) is 11.4. The van der Waals surface area contributed by atoms with Gasteiger partial charge in [0.2, 0.25) is 5.90 Å². The van der Waals surface area contributed by atoms with Crippen molar-refractivity contribution in [3.8, 4) is 23.0 Å². The van der Waals surface area contributed by atoms with Crippen LogP contribution in [0.2, 0.25) is 0 Å². The van der Waals surface area contributed by atoms with Gasteiger partial charge in [0.1, 0.15) is 23.0 Å². The number of aliphatic hydroxyl groups excluding tert-OH is 1. The van der Waals surface area contributed by atoms with Crippen molar-refractivity contribution in [1.29, 1.82) is 0 Å². The fraction of sp³-hybridized carbons (Fsp3) is 0.278. The third-order valence-electron chi connectivity index (χ3n) is 7.80. The Morgan fingerprint density at radius 1 is 0.915 bits per heavy atom. The molecular weight excluding hydrogens is 666 g/mol. The van der Waals surface area contributed by atoms with Crippen LogP contribution in [0.15, 0.2) is 100 Å². The number of hydrogen-bond donors (Lipinski definition) is 3. The number of rotatable bonds is 15. The Hall–Kier alpha value is -4.58. The van der Waals surface area contributed by atoms with Crippen LogP contribution in [0, 0.1) is 0 Å². The van der Waals surface area contributed by atoms with Crippen LogP contribution in [0.4, 0.5) is 0 Å². The summed E-state index contributed by atoms with van der Waals surface area (Å²) in [4.78, 5) is 19.6. The van der Waals surface area contributed by atoms with Crippen LogP contribution in [0.1, 0.15) is 34.8 Å². The summed E-state index contributed by atoms with van der Waals surface area (Å²) in [5, 5.41) is 9.08. The Morgan fingerprint density at radius 3 is 2.21 bits per heavy atom. The first kappa shape index (κ1) is 33.8. The molecular formula is C36H38BrN3O7. The first-order valence-corrected chi connectivity index (χ1v) is 15.9. The van der Waals surface area contributed by atoms with Gasteiger partial charge in [-0.1, -0.05) is 58.4 Å². The van der Waals surface area contributed by atoms with Gasteiger partial charge in [-0.3, -0.25) is 10.2 Å². The number of amides is 1. The summed E-state index contributed by atoms with van der Waals surface area (Å²) >= 11 is 3.52. The number of halogens is 1. The van der Waals surface area contributed by atoms with Gasteiger partial charge < -0.3 is 28.8 Å². The molecule has 246 valence electrons. The normalized spacial score (nSPS) is 17.0. The van der Waals surface area contributed by atoms with Gasteiger partial charge in [-0.15, -0.1) is 0 Å². The van der Waals surface area contributed by atoms with E-state index in [4.69, 9.17) is 33.8 Å². The van der Waals surface area contributed by atoms with Crippen LogP contribution in [-0.2, 0) is 22.5 Å². The second-order valence-electron chi connectivity index (χ2n) is 10.8. The second-order valence-corrected chi connectivity index (χ2v) is 11.7. The lowest BCUT2D eigenvalue weighted by atomic mass is 9.82. The van der Waals surface area contributed by atoms with Crippen molar-refractivity contribution in [1.82, 2.24) is 10.9 Å². The van der Waals surface area contributed by atoms with Crippen LogP contribution < -0.4 is 29.8 Å². The third-order valence-corrected chi connectivity index (χ3v) is 8.33. The minimum Gasteiger partial charge on any atom is -0.496 e. The van der Waals surface area contributed by atoms with E-state index in [2.05, 4.69) is 26.8 Å². The predicted molar refractivity (Wildman–Crippen MR) is 182 cm³/mol. The Labute approximate surface area is 282 Å². The van der Waals surface area contributed by atoms with E-state index in [9.17, 15) is 4.79 Å². The highest BCUT2D eigenvalue weighted by Gasteiger charge is 2.53. The lowest BCUT2D eigenvalue weighted by molar-refractivity contribution is -0.130. The highest BCUT2D eigenvalue weighted by molar-refractivity contribution is 9.10. The monoisotopic (exact) mass is 703 g/mol. The molecule has 0 unspecified atom stereocenters. The van der Waals surface area contributed by atoms with Crippen LogP contribution >= 0.6 is 15.9 Å². The molecule has 0 aliphatic carbocycles. The highest BCUT2D eigenvalue weighted by atomic mass is 79.9. The molecule has 0 saturated carbocycles. The smallest absolute Gasteiger partial charge is 0.266 e. The number of benzene rings is 4. The SMILES string of the molecule is COc1cc(OC)c(CNNC(=O)[C@@]2(Cc3ccccc3)N=C(c3ccc(OCCCO)cc3)O[C@H]2c2ccc(Br)cc2)c(OC)c1. The largest absolute Gasteiger partial charge is 0.496 e. The molecule has 5 rings (SSSR count). The first-order valence-electron chi connectivity index (χ1n) is 15.1. The van der Waals surface area contributed by atoms with Crippen molar-refractivity contribution < 1.29 is 33.6 Å². The zero-order valence-corrected chi connectivity index (χ0v) is 28.1. The number of hydrazine groups is 1. The van der Waals surface area contributed by atoms with E-state index in [0.29, 0.717) is 53.1 Å². The molecule has 1 amide bonds. The minimum atomic E-state index is -1.39. The third kappa shape index (κ3) is 7.87. The molecule has 4 aromatic rings. The van der Waals surface area contributed by atoms with Crippen molar-refractivity contribution in [2.75, 3.05) is 34.5 Å². The van der Waals surface area contributed by atoms with E-state index < -0.39 is 11.6 Å². The summed E-state index contributed by atoms with van der Waals surface area (Å²) in [6.45, 7) is 0.657. The number of aliphatic imine (C=N–C) groups is 1. The quantitative estimate of drug-likeness (QED) is 0.109. The minimum absolute atomic E-state index is 0.0573. The Morgan fingerprint density at radius 2 is 1.60 bits per heavy atom. The molecule has 11 heteroatoms. The number of ether oxygens (including phenoxy) is 5. The van der Waals surface area contributed by atoms with E-state index in [0.717, 1.165) is 15.6 Å². The topological polar surface area (TPSA) is 120 Å². The van der Waals surface area contributed by atoms with Gasteiger partial charge in [0, 0.05) is 48.2 Å². The van der Waals surface area contributed by atoms with Gasteiger partial charge >= 0.3 is 0 Å². The zero-order chi connectivity index (χ0) is 33.2. The molecule has 0 bridgehead atoms. The number of carbonyl (C=O) groups is 1. The molecule has 0 saturated heterocycles. The summed E-state index contributed by atoms with van der Waals surface area (Å²) in [5.41, 5.74) is 7.72. The summed E-state index contributed by atoms with van der Waals surface area (Å²) in [7, 11) is 4.70. The number of nitrogens with one attached hydrogen (secondary N) is 2. The van der Waals surface area contributed by atoms with Crippen molar-refractivity contribution in [2.24, 2.45) is 4.99 Å². The molecule has 47 heavy (non-hydrogen) atoms. The summed E-state index contributed by atoms with van der Waals surface area (Å²) in [6.07, 6.45) is 0.0526. The standard InChI is InChI=1S/C36H38BrN3O7/c1-43-29-20-31(44-2)30(32(21-29)45-3)23-38-40-35(42)36(22-24-8-5-4-6-9-24)33(25-10-14-27(37)15-11-25)47-34(39-36)26-12-16-28(17-13-26)46-19-7-18-41/h4-6,8-17,20-21,33,38,41H,7,18-19,22-23H2,1-3H3,(H,40,42)/t33-,36-/m0/s1. The molecule has 1 aliphatic rings. The lowest BCUT2D eigenvalue weighted by Crippen LogP contribution is -2.53. The molecule has 2 atom stereocenters. The van der Waals surface area contributed by atoms with Gasteiger partial charge in [0.15, 0.2) is 11.6 Å². The van der Waals surface area contributed by atoms with Gasteiger partial charge in [-0.25, -0.2) is 10.4 Å². The molecule has 1 heterocycles. The number of hydrogen-bond acceptors (Lipinski definition) is 9. The molecule has 0 radical (unpaired) electrons.